The second kappa shape index (κ2) is 11.5. The number of para-hydroxylation sites is 1. The van der Waals surface area contributed by atoms with Crippen molar-refractivity contribution >= 4 is 21.9 Å². The summed E-state index contributed by atoms with van der Waals surface area (Å²) in [4.78, 5) is 10.4. The van der Waals surface area contributed by atoms with Gasteiger partial charge in [0.15, 0.2) is 5.82 Å². The van der Waals surface area contributed by atoms with Crippen molar-refractivity contribution in [3.8, 4) is 56.2 Å². The van der Waals surface area contributed by atoms with Crippen LogP contribution in [0.1, 0.15) is 23.6 Å². The molecule has 3 nitrogen and oxygen atoms in total. The lowest BCUT2D eigenvalue weighted by atomic mass is 9.74. The van der Waals surface area contributed by atoms with Gasteiger partial charge >= 0.3 is 0 Å². The minimum absolute atomic E-state index is 0.295. The van der Waals surface area contributed by atoms with Gasteiger partial charge in [-0.25, -0.2) is 9.97 Å². The molecule has 1 aliphatic rings. The van der Waals surface area contributed by atoms with Crippen LogP contribution in [0.15, 0.2) is 180 Å². The van der Waals surface area contributed by atoms with E-state index in [-0.39, 0.29) is 5.41 Å². The first kappa shape index (κ1) is 29.3. The van der Waals surface area contributed by atoms with Crippen LogP contribution >= 0.6 is 0 Å². The molecule has 7 aromatic carbocycles. The van der Waals surface area contributed by atoms with Gasteiger partial charge in [0.1, 0.15) is 11.2 Å². The summed E-state index contributed by atoms with van der Waals surface area (Å²) in [5, 5.41) is 2.26. The van der Waals surface area contributed by atoms with E-state index in [0.29, 0.717) is 5.82 Å². The molecule has 0 saturated heterocycles. The third-order valence-electron chi connectivity index (χ3n) is 10.6. The molecule has 1 aliphatic carbocycles. The Kier molecular flexibility index (Phi) is 6.62. The van der Waals surface area contributed by atoms with Gasteiger partial charge in [-0.2, -0.15) is 0 Å². The number of fused-ring (bicyclic) bond motifs is 6. The average Bonchev–Trinajstić information content (AvgIpc) is 3.71. The molecule has 0 aliphatic heterocycles. The van der Waals surface area contributed by atoms with Gasteiger partial charge in [0.05, 0.1) is 11.4 Å². The highest BCUT2D eigenvalue weighted by Gasteiger charge is 2.40. The Labute approximate surface area is 296 Å². The molecule has 0 bridgehead atoms. The second-order valence-corrected chi connectivity index (χ2v) is 13.5. The Hall–Kier alpha value is -6.58. The van der Waals surface area contributed by atoms with Crippen molar-refractivity contribution in [3.05, 3.63) is 193 Å². The van der Waals surface area contributed by atoms with Crippen LogP contribution < -0.4 is 0 Å². The largest absolute Gasteiger partial charge is 0.456 e. The van der Waals surface area contributed by atoms with Crippen molar-refractivity contribution in [2.75, 3.05) is 0 Å². The van der Waals surface area contributed by atoms with Crippen molar-refractivity contribution in [1.29, 1.82) is 0 Å². The molecule has 0 N–H and O–H groups in total. The first-order valence-electron chi connectivity index (χ1n) is 17.4. The third-order valence-corrected chi connectivity index (χ3v) is 10.6. The van der Waals surface area contributed by atoms with E-state index in [1.807, 2.05) is 30.3 Å². The number of hydrogen-bond donors (Lipinski definition) is 0. The number of aromatic nitrogens is 2. The zero-order valence-corrected chi connectivity index (χ0v) is 28.0. The molecule has 51 heavy (non-hydrogen) atoms. The van der Waals surface area contributed by atoms with Crippen molar-refractivity contribution < 1.29 is 4.42 Å². The number of hydrogen-bond acceptors (Lipinski definition) is 3. The van der Waals surface area contributed by atoms with Gasteiger partial charge in [0.2, 0.25) is 0 Å². The van der Waals surface area contributed by atoms with Crippen LogP contribution in [0.25, 0.3) is 78.1 Å². The lowest BCUT2D eigenvalue weighted by molar-refractivity contribution is 0.669. The van der Waals surface area contributed by atoms with Gasteiger partial charge in [-0.1, -0.05) is 140 Å². The number of rotatable bonds is 5. The van der Waals surface area contributed by atoms with E-state index >= 15 is 0 Å². The zero-order valence-electron chi connectivity index (χ0n) is 28.0. The molecule has 0 amide bonds. The molecular formula is C48H32N2O. The number of nitrogens with zero attached hydrogens (tertiary/aromatic N) is 2. The quantitative estimate of drug-likeness (QED) is 0.186. The van der Waals surface area contributed by atoms with E-state index in [0.717, 1.165) is 61.1 Å². The van der Waals surface area contributed by atoms with Crippen LogP contribution in [0, 0.1) is 0 Å². The van der Waals surface area contributed by atoms with Crippen LogP contribution in [-0.2, 0) is 5.41 Å². The first-order chi connectivity index (χ1) is 25.1. The zero-order chi connectivity index (χ0) is 33.9. The maximum absolute atomic E-state index is 6.23. The lowest BCUT2D eigenvalue weighted by Crippen LogP contribution is -2.22. The highest BCUT2D eigenvalue weighted by molar-refractivity contribution is 6.06. The second-order valence-electron chi connectivity index (χ2n) is 13.5. The standard InChI is InChI=1S/C48H32N2O/c1-48(36-17-6-3-7-18-36)41-21-10-8-19-37(41)38-25-24-35(28-42(38)48)44-30-43(49-47(50-44)31-13-4-2-5-14-31)34-16-12-15-32(27-34)33-23-26-40-39-20-9-11-22-45(39)51-46(40)29-33/h2-30H,1H3. The maximum Gasteiger partial charge on any atom is 0.160 e. The molecule has 2 aromatic heterocycles. The summed E-state index contributed by atoms with van der Waals surface area (Å²) >= 11 is 0. The van der Waals surface area contributed by atoms with Crippen molar-refractivity contribution in [2.24, 2.45) is 0 Å². The van der Waals surface area contributed by atoms with Crippen LogP contribution in [0.2, 0.25) is 0 Å². The average molecular weight is 653 g/mol. The molecule has 0 saturated carbocycles. The van der Waals surface area contributed by atoms with Gasteiger partial charge in [0, 0.05) is 32.9 Å². The van der Waals surface area contributed by atoms with Crippen molar-refractivity contribution in [2.45, 2.75) is 12.3 Å². The molecule has 2 heterocycles. The van der Waals surface area contributed by atoms with Crippen LogP contribution in [-0.4, -0.2) is 9.97 Å². The van der Waals surface area contributed by atoms with Crippen molar-refractivity contribution in [3.63, 3.8) is 0 Å². The summed E-state index contributed by atoms with van der Waals surface area (Å²) < 4.78 is 6.23. The topological polar surface area (TPSA) is 38.9 Å². The van der Waals surface area contributed by atoms with Crippen molar-refractivity contribution in [1.82, 2.24) is 9.97 Å². The Morgan fingerprint density at radius 2 is 1.02 bits per heavy atom. The van der Waals surface area contributed by atoms with Gasteiger partial charge in [-0.3, -0.25) is 0 Å². The van der Waals surface area contributed by atoms with E-state index in [2.05, 4.69) is 153 Å². The molecular weight excluding hydrogens is 621 g/mol. The molecule has 10 rings (SSSR count). The summed E-state index contributed by atoms with van der Waals surface area (Å²) in [6, 6.07) is 62.2. The molecule has 1 unspecified atom stereocenters. The first-order valence-corrected chi connectivity index (χ1v) is 17.4. The van der Waals surface area contributed by atoms with Crippen LogP contribution in [0.3, 0.4) is 0 Å². The third kappa shape index (κ3) is 4.74. The van der Waals surface area contributed by atoms with E-state index in [4.69, 9.17) is 14.4 Å². The van der Waals surface area contributed by atoms with Crippen LogP contribution in [0.4, 0.5) is 0 Å². The molecule has 3 heteroatoms. The monoisotopic (exact) mass is 652 g/mol. The highest BCUT2D eigenvalue weighted by atomic mass is 16.3. The van der Waals surface area contributed by atoms with Gasteiger partial charge in [0.25, 0.3) is 0 Å². The molecule has 0 spiro atoms. The minimum Gasteiger partial charge on any atom is -0.456 e. The fraction of sp³-hybridized carbons (Fsp3) is 0.0417. The van der Waals surface area contributed by atoms with E-state index in [1.54, 1.807) is 0 Å². The van der Waals surface area contributed by atoms with Gasteiger partial charge < -0.3 is 4.42 Å². The highest BCUT2D eigenvalue weighted by Crippen LogP contribution is 2.53. The van der Waals surface area contributed by atoms with E-state index in [1.165, 1.54) is 27.8 Å². The molecule has 0 fully saturated rings. The Balaban J connectivity index is 1.12. The van der Waals surface area contributed by atoms with E-state index < -0.39 is 0 Å². The lowest BCUT2D eigenvalue weighted by Gasteiger charge is -2.28. The predicted molar refractivity (Wildman–Crippen MR) is 208 cm³/mol. The molecule has 0 radical (unpaired) electrons. The Bertz CT molecular complexity index is 2760. The number of benzene rings is 7. The van der Waals surface area contributed by atoms with Gasteiger partial charge in [-0.15, -0.1) is 0 Å². The number of furan rings is 1. The SMILES string of the molecule is CC1(c2ccccc2)c2ccccc2-c2ccc(-c3cc(-c4cccc(-c5ccc6c(c5)oc5ccccc56)c4)nc(-c4ccccc4)n3)cc21. The summed E-state index contributed by atoms with van der Waals surface area (Å²) in [6.45, 7) is 2.35. The summed E-state index contributed by atoms with van der Waals surface area (Å²) in [6.07, 6.45) is 0. The summed E-state index contributed by atoms with van der Waals surface area (Å²) in [7, 11) is 0. The fourth-order valence-electron chi connectivity index (χ4n) is 7.96. The summed E-state index contributed by atoms with van der Waals surface area (Å²) in [5.74, 6) is 0.701. The molecule has 240 valence electrons. The maximum atomic E-state index is 6.23. The van der Waals surface area contributed by atoms with Gasteiger partial charge in [-0.05, 0) is 82.3 Å². The Morgan fingerprint density at radius 3 is 1.86 bits per heavy atom. The normalized spacial score (nSPS) is 14.8. The summed E-state index contributed by atoms with van der Waals surface area (Å²) in [5.41, 5.74) is 15.0. The van der Waals surface area contributed by atoms with E-state index in [9.17, 15) is 0 Å². The smallest absolute Gasteiger partial charge is 0.160 e. The Morgan fingerprint density at radius 1 is 0.412 bits per heavy atom. The van der Waals surface area contributed by atoms with Crippen LogP contribution in [0.5, 0.6) is 0 Å². The predicted octanol–water partition coefficient (Wildman–Crippen LogP) is 12.4. The minimum atomic E-state index is -0.295. The molecule has 9 aromatic rings. The molecule has 1 atom stereocenters. The fourth-order valence-corrected chi connectivity index (χ4v) is 7.96.